The number of amides is 3. The zero-order valence-corrected chi connectivity index (χ0v) is 71.3. The Morgan fingerprint density at radius 1 is 0.438 bits per heavy atom. The molecule has 0 saturated carbocycles. The highest BCUT2D eigenvalue weighted by Crippen LogP contribution is 2.44. The molecule has 4 aromatic rings. The van der Waals surface area contributed by atoms with Gasteiger partial charge in [0.15, 0.2) is 36.9 Å². The fourth-order valence-electron chi connectivity index (χ4n) is 12.3. The Bertz CT molecular complexity index is 4450. The maximum absolute atomic E-state index is 12.1. The van der Waals surface area contributed by atoms with E-state index in [9.17, 15) is 104 Å². The predicted molar refractivity (Wildman–Crippen MR) is 449 cm³/mol. The average molecular weight is 1790 g/mol. The van der Waals surface area contributed by atoms with E-state index in [-0.39, 0.29) is 31.0 Å². The highest BCUT2D eigenvalue weighted by atomic mass is 127. The molecule has 0 bridgehead atoms. The van der Waals surface area contributed by atoms with Gasteiger partial charge in [0.1, 0.15) is 61.0 Å². The van der Waals surface area contributed by atoms with Crippen LogP contribution in [0.25, 0.3) is 6.08 Å². The van der Waals surface area contributed by atoms with Crippen LogP contribution in [-0.4, -0.2) is 351 Å². The lowest BCUT2D eigenvalue weighted by Crippen LogP contribution is -2.56. The van der Waals surface area contributed by atoms with E-state index in [4.69, 9.17) is 29.4 Å². The van der Waals surface area contributed by atoms with Crippen molar-refractivity contribution in [2.75, 3.05) is 111 Å². The Balaban J connectivity index is 0.000000219. The first-order chi connectivity index (χ1) is 51.6. The molecule has 10 rings (SSSR count). The van der Waals surface area contributed by atoms with Crippen LogP contribution >= 0.6 is 57.0 Å². The smallest absolute Gasteiger partial charge is 0.330 e. The number of aryl methyl sites for hydroxylation is 1. The average Bonchev–Trinajstić information content (AvgIpc) is 1.67. The molecular weight excluding hydrogens is 1680 g/mol. The van der Waals surface area contributed by atoms with E-state index in [1.54, 1.807) is 35.6 Å². The number of aromatic hydroxyl groups is 1. The highest BCUT2D eigenvalue weighted by Gasteiger charge is 2.50. The number of carbonyl (C=O) groups excluding carboxylic acids is 2. The summed E-state index contributed by atoms with van der Waals surface area (Å²) in [6, 6.07) is -0.590. The molecule has 6 saturated heterocycles. The zero-order valence-electron chi connectivity index (χ0n) is 64.7. The van der Waals surface area contributed by atoms with Crippen LogP contribution in [0.3, 0.4) is 0 Å². The molecule has 0 unspecified atom stereocenters. The van der Waals surface area contributed by atoms with Crippen LogP contribution in [0.1, 0.15) is 74.6 Å². The van der Waals surface area contributed by atoms with Crippen molar-refractivity contribution in [3.05, 3.63) is 129 Å². The van der Waals surface area contributed by atoms with Crippen LogP contribution in [0.4, 0.5) is 4.79 Å². The number of rotatable bonds is 22. The van der Waals surface area contributed by atoms with Gasteiger partial charge in [0.05, 0.1) is 45.9 Å². The van der Waals surface area contributed by atoms with Crippen LogP contribution in [0.15, 0.2) is 69.2 Å². The number of hydrogen-bond acceptors (Lipinski definition) is 27. The topological polar surface area (TPSA) is 564 Å². The van der Waals surface area contributed by atoms with Crippen LogP contribution < -0.4 is 56.0 Å². The summed E-state index contributed by atoms with van der Waals surface area (Å²) in [5.41, 5.74) is 0.590. The summed E-state index contributed by atoms with van der Waals surface area (Å²) < 4.78 is 32.8. The molecule has 4 aromatic heterocycles. The second kappa shape index (κ2) is 39.8. The Hall–Kier alpha value is -5.21. The molecular formula is C69H113IN11O26P5. The summed E-state index contributed by atoms with van der Waals surface area (Å²) in [6.45, 7) is 16.3. The minimum atomic E-state index is -1.33. The number of imide groups is 1. The highest BCUT2D eigenvalue weighted by molar-refractivity contribution is 14.1. The number of aromatic amines is 4. The third-order valence-electron chi connectivity index (χ3n) is 18.7. The van der Waals surface area contributed by atoms with Gasteiger partial charge < -0.3 is 85.6 Å². The Kier molecular flexibility index (Phi) is 34.0. The molecule has 6 aliphatic rings. The third-order valence-corrected chi connectivity index (χ3v) is 26.8. The number of nitrogens with one attached hydrogen (secondary N) is 5. The summed E-state index contributed by atoms with van der Waals surface area (Å²) >= 11 is 1.79. The third kappa shape index (κ3) is 26.7. The molecule has 18 N–H and O–H groups in total. The molecule has 43 heteroatoms. The molecule has 0 aromatic carbocycles. The molecule has 632 valence electrons. The van der Waals surface area contributed by atoms with Crippen molar-refractivity contribution in [1.29, 1.82) is 0 Å². The fraction of sp³-hybridized carbons (Fsp3) is 0.638. The Morgan fingerprint density at radius 3 is 1.07 bits per heavy atom. The number of hydrogen-bond donors (Lipinski definition) is 17. The van der Waals surface area contributed by atoms with Gasteiger partial charge in [0.2, 0.25) is 5.91 Å². The van der Waals surface area contributed by atoms with Crippen molar-refractivity contribution < 1.29 is 89.4 Å². The number of H-pyrrole nitrogens is 4. The molecule has 0 spiro atoms. The molecule has 20 atom stereocenters. The van der Waals surface area contributed by atoms with Crippen LogP contribution in [0.5, 0.6) is 5.75 Å². The monoisotopic (exact) mass is 1790 g/mol. The van der Waals surface area contributed by atoms with E-state index < -0.39 is 214 Å². The first-order valence-corrected chi connectivity index (χ1v) is 52.1. The van der Waals surface area contributed by atoms with Gasteiger partial charge >= 0.3 is 28.8 Å². The number of aliphatic hydroxyl groups excluding tert-OH is 10. The minimum absolute atomic E-state index is 0.163. The van der Waals surface area contributed by atoms with Crippen LogP contribution in [-0.2, 0) is 28.5 Å². The molecule has 112 heavy (non-hydrogen) atoms. The van der Waals surface area contributed by atoms with E-state index in [0.717, 1.165) is 55.3 Å². The number of urea groups is 1. The summed E-state index contributed by atoms with van der Waals surface area (Å²) in [4.78, 5) is 126. The van der Waals surface area contributed by atoms with Crippen molar-refractivity contribution in [2.24, 2.45) is 5.73 Å². The SMILES string of the molecule is C=P(C)(C)CC[C@H]1O[C@@H](N2CCC(=O)NC2=O)[C@H](O)[C@@H]1O.C=P(C)(C)CC[C@H]1O[C@@H](n2cc(/C=C/CN)c(=O)[nH]c2=O)[C@H](O)[C@@H]1O.C=P(C)(C)CC[C@H]1O[C@@H](n2cc(C)c(=O)[nH]c2=O)[C@H](O)[C@@H]1O.C=P(C)(C)CC[C@H]1O[C@@H](n2cc(I)c(=O)[nH]c2=O)[C@H](O)[C@@H]1O.C=P(C)(C)CC[C@H]1O[C@@H](n2cc(O)c(=O)[nH]c2=O)[C@H](O)[C@@H]1O. The quantitative estimate of drug-likeness (QED) is 0.0277. The maximum Gasteiger partial charge on any atom is 0.330 e. The van der Waals surface area contributed by atoms with Gasteiger partial charge in [-0.3, -0.25) is 72.4 Å². The van der Waals surface area contributed by atoms with Gasteiger partial charge in [-0.2, -0.15) is 0 Å². The molecule has 10 heterocycles. The van der Waals surface area contributed by atoms with E-state index in [2.05, 4.69) is 105 Å². The molecule has 3 amide bonds. The lowest BCUT2D eigenvalue weighted by molar-refractivity contribution is -0.125. The molecule has 0 aliphatic carbocycles. The van der Waals surface area contributed by atoms with Crippen molar-refractivity contribution in [1.82, 2.24) is 48.4 Å². The standard InChI is InChI=1S/C16H26N3O5P.C14H23N2O5P.C13H20IN2O5P.C13H21N2O6P.C13H23N2O5P/c1-25(2,3)8-6-11-12(20)13(21)15(24-11)19-9-10(5-4-7-17)14(22)18-16(19)23;1-8-7-16(14(20)15-12(8)19)13-11(18)10(17)9(21-13)5-6-22(2,3)4;1-22(2,3)5-4-8-9(17)10(18)12(21-8)16-6-7(14)11(19)15-13(16)20;1-22(2,3)5-4-8-9(17)10(18)12(21-8)15-6-7(16)11(19)14-13(15)20;1-21(2,3)7-5-8-10(17)11(18)12(20-8)15-6-4-9(16)14-13(15)19/h4-5,9,11-13,15,20-21H,1,6-8,17H2,2-3H3,(H,18,22,23);7,9-11,13,17-18H,2,5-6H2,1,3-4H3,(H,15,19,20);6,8-10,12,17-18H,1,4-5H2,2-3H3,(H,15,19,20);6,8-10,12,16-18H,1,4-5H2,2-3H3,(H,14,19,20);8,10-12,17-18H,1,4-7H2,2-3H3,(H,14,16,19)/b5-4+;;;;/t11-,12-,13-,15-;9-,10-,11-,13-;2*8-,9-,10-,12-;8-,10-,11-,12-/m11111/s1. The molecule has 0 radical (unpaired) electrons. The number of nitrogens with zero attached hydrogens (tertiary/aromatic N) is 5. The first-order valence-electron chi connectivity index (χ1n) is 35.8. The van der Waals surface area contributed by atoms with Crippen molar-refractivity contribution >= 4 is 107 Å². The molecule has 37 nitrogen and oxygen atoms in total. The molecule has 6 aliphatic heterocycles. The van der Waals surface area contributed by atoms with Gasteiger partial charge in [-0.05, 0) is 159 Å². The number of ether oxygens (including phenoxy) is 5. The maximum atomic E-state index is 12.1. The normalized spacial score (nSPS) is 29.5. The molecule has 6 fully saturated rings. The predicted octanol–water partition coefficient (Wildman–Crippen LogP) is -2.91. The first kappa shape index (κ1) is 95.6. The Labute approximate surface area is 659 Å². The summed E-state index contributed by atoms with van der Waals surface area (Å²) in [6.07, 6.45) is 15.6. The number of carbonyl (C=O) groups is 2. The minimum Gasteiger partial charge on any atom is -0.502 e. The van der Waals surface area contributed by atoms with Crippen molar-refractivity contribution in [3.63, 3.8) is 0 Å². The lowest BCUT2D eigenvalue weighted by Gasteiger charge is -2.32. The van der Waals surface area contributed by atoms with Crippen LogP contribution in [0.2, 0.25) is 0 Å². The van der Waals surface area contributed by atoms with E-state index in [0.29, 0.717) is 41.2 Å². The largest absolute Gasteiger partial charge is 0.502 e. The summed E-state index contributed by atoms with van der Waals surface area (Å²) in [5, 5.41) is 113. The second-order valence-corrected chi connectivity index (χ2v) is 54.7. The van der Waals surface area contributed by atoms with E-state index in [1.807, 2.05) is 18.3 Å². The fourth-order valence-corrected chi connectivity index (χ4v) is 17.5. The van der Waals surface area contributed by atoms with Gasteiger partial charge in [-0.15, -0.1) is 65.9 Å². The van der Waals surface area contributed by atoms with Gasteiger partial charge in [0.25, 0.3) is 22.2 Å². The van der Waals surface area contributed by atoms with Crippen molar-refractivity contribution in [3.8, 4) is 5.75 Å². The number of aromatic nitrogens is 8. The summed E-state index contributed by atoms with van der Waals surface area (Å²) in [5.74, 6) is -1.01. The number of halogens is 1. The van der Waals surface area contributed by atoms with Crippen LogP contribution in [0, 0.1) is 10.5 Å². The van der Waals surface area contributed by atoms with Gasteiger partial charge in [-0.1, -0.05) is 12.2 Å². The lowest BCUT2D eigenvalue weighted by atomic mass is 10.1. The van der Waals surface area contributed by atoms with E-state index >= 15 is 0 Å². The Morgan fingerprint density at radius 2 is 0.732 bits per heavy atom. The van der Waals surface area contributed by atoms with Gasteiger partial charge in [-0.25, -0.2) is 24.0 Å². The second-order valence-electron chi connectivity index (χ2n) is 32.0. The van der Waals surface area contributed by atoms with Crippen molar-refractivity contribution in [2.45, 2.75) is 168 Å². The number of nitrogens with two attached hydrogens (primary N) is 1. The zero-order chi connectivity index (χ0) is 84.5. The van der Waals surface area contributed by atoms with Gasteiger partial charge in [0, 0.05) is 43.7 Å². The number of aliphatic hydroxyl groups is 10. The summed E-state index contributed by atoms with van der Waals surface area (Å²) in [7, 11) is 0. The van der Waals surface area contributed by atoms with E-state index in [1.165, 1.54) is 29.6 Å².